The summed E-state index contributed by atoms with van der Waals surface area (Å²) >= 11 is 0. The number of halogens is 1. The second-order valence-electron chi connectivity index (χ2n) is 7.41. The van der Waals surface area contributed by atoms with E-state index in [0.29, 0.717) is 0 Å². The SMILES string of the molecule is C(CCCCCCNC1=NCCCN1)CCCCCNC1=NCCCN1.I. The second kappa shape index (κ2) is 17.4. The molecule has 6 nitrogen and oxygen atoms in total. The van der Waals surface area contributed by atoms with Crippen LogP contribution < -0.4 is 21.3 Å². The van der Waals surface area contributed by atoms with E-state index in [2.05, 4.69) is 31.3 Å². The van der Waals surface area contributed by atoms with Crippen LogP contribution in [0.5, 0.6) is 0 Å². The van der Waals surface area contributed by atoms with Crippen LogP contribution in [0.25, 0.3) is 0 Å². The summed E-state index contributed by atoms with van der Waals surface area (Å²) in [5.74, 6) is 2.02. The third kappa shape index (κ3) is 13.1. The fraction of sp³-hybridized carbons (Fsp3) is 0.900. The molecule has 158 valence electrons. The molecule has 2 heterocycles. The quantitative estimate of drug-likeness (QED) is 0.235. The molecule has 0 amide bonds. The first-order chi connectivity index (χ1) is 12.9. The highest BCUT2D eigenvalue weighted by Gasteiger charge is 2.02. The maximum atomic E-state index is 4.43. The van der Waals surface area contributed by atoms with Crippen molar-refractivity contribution in [2.24, 2.45) is 9.98 Å². The monoisotopic (exact) mass is 492 g/mol. The number of rotatable bonds is 13. The van der Waals surface area contributed by atoms with Gasteiger partial charge in [0.25, 0.3) is 0 Å². The second-order valence-corrected chi connectivity index (χ2v) is 7.41. The van der Waals surface area contributed by atoms with Crippen LogP contribution in [-0.4, -0.2) is 51.2 Å². The van der Waals surface area contributed by atoms with E-state index in [1.54, 1.807) is 0 Å². The largest absolute Gasteiger partial charge is 0.356 e. The van der Waals surface area contributed by atoms with Crippen molar-refractivity contribution in [1.29, 1.82) is 0 Å². The van der Waals surface area contributed by atoms with Gasteiger partial charge in [0, 0.05) is 39.3 Å². The van der Waals surface area contributed by atoms with Crippen LogP contribution >= 0.6 is 24.0 Å². The number of unbranched alkanes of at least 4 members (excludes halogenated alkanes) is 9. The lowest BCUT2D eigenvalue weighted by Crippen LogP contribution is -2.41. The topological polar surface area (TPSA) is 72.8 Å². The Morgan fingerprint density at radius 3 is 1.30 bits per heavy atom. The molecule has 27 heavy (non-hydrogen) atoms. The summed E-state index contributed by atoms with van der Waals surface area (Å²) in [4.78, 5) is 8.86. The van der Waals surface area contributed by atoms with Gasteiger partial charge in [-0.1, -0.05) is 51.4 Å². The highest BCUT2D eigenvalue weighted by molar-refractivity contribution is 14.0. The third-order valence-corrected chi connectivity index (χ3v) is 4.98. The molecule has 0 radical (unpaired) electrons. The number of nitrogens with one attached hydrogen (secondary N) is 4. The van der Waals surface area contributed by atoms with Crippen LogP contribution in [0.2, 0.25) is 0 Å². The van der Waals surface area contributed by atoms with Gasteiger partial charge in [-0.15, -0.1) is 24.0 Å². The number of aliphatic imine (C=N–C) groups is 2. The van der Waals surface area contributed by atoms with E-state index in [4.69, 9.17) is 0 Å². The van der Waals surface area contributed by atoms with E-state index in [1.807, 2.05) is 0 Å². The Morgan fingerprint density at radius 2 is 0.963 bits per heavy atom. The minimum Gasteiger partial charge on any atom is -0.356 e. The van der Waals surface area contributed by atoms with Gasteiger partial charge in [0.05, 0.1) is 0 Å². The maximum Gasteiger partial charge on any atom is 0.191 e. The number of nitrogens with zero attached hydrogens (tertiary/aromatic N) is 2. The van der Waals surface area contributed by atoms with E-state index >= 15 is 0 Å². The molecule has 0 spiro atoms. The van der Waals surface area contributed by atoms with Crippen molar-refractivity contribution >= 4 is 35.9 Å². The molecular formula is C20H41IN6. The zero-order valence-electron chi connectivity index (χ0n) is 17.0. The molecule has 0 fully saturated rings. The van der Waals surface area contributed by atoms with Crippen LogP contribution in [0.4, 0.5) is 0 Å². The molecule has 0 aliphatic carbocycles. The molecule has 0 unspecified atom stereocenters. The van der Waals surface area contributed by atoms with Gasteiger partial charge >= 0.3 is 0 Å². The fourth-order valence-electron chi connectivity index (χ4n) is 3.38. The van der Waals surface area contributed by atoms with Crippen LogP contribution in [0.15, 0.2) is 9.98 Å². The molecule has 0 saturated carbocycles. The molecule has 0 saturated heterocycles. The predicted molar refractivity (Wildman–Crippen MR) is 127 cm³/mol. The highest BCUT2D eigenvalue weighted by Crippen LogP contribution is 2.10. The average Bonchev–Trinajstić information content (AvgIpc) is 2.70. The van der Waals surface area contributed by atoms with Crippen molar-refractivity contribution in [1.82, 2.24) is 21.3 Å². The summed E-state index contributed by atoms with van der Waals surface area (Å²) in [7, 11) is 0. The molecule has 7 heteroatoms. The molecule has 0 aromatic carbocycles. The van der Waals surface area contributed by atoms with Gasteiger partial charge in [-0.3, -0.25) is 9.98 Å². The summed E-state index contributed by atoms with van der Waals surface area (Å²) in [6.07, 6.45) is 15.9. The van der Waals surface area contributed by atoms with E-state index < -0.39 is 0 Å². The summed E-state index contributed by atoms with van der Waals surface area (Å²) in [6.45, 7) is 6.18. The average molecular weight is 492 g/mol. The van der Waals surface area contributed by atoms with Crippen molar-refractivity contribution < 1.29 is 0 Å². The third-order valence-electron chi connectivity index (χ3n) is 4.98. The molecule has 4 N–H and O–H groups in total. The molecule has 0 aromatic rings. The Balaban J connectivity index is 0.00000364. The zero-order chi connectivity index (χ0) is 18.1. The predicted octanol–water partition coefficient (Wildman–Crippen LogP) is 3.38. The lowest BCUT2D eigenvalue weighted by Gasteiger charge is -2.15. The van der Waals surface area contributed by atoms with E-state index in [-0.39, 0.29) is 24.0 Å². The van der Waals surface area contributed by atoms with E-state index in [9.17, 15) is 0 Å². The number of hydrogen-bond acceptors (Lipinski definition) is 6. The highest BCUT2D eigenvalue weighted by atomic mass is 127. The van der Waals surface area contributed by atoms with Gasteiger partial charge in [0.15, 0.2) is 11.9 Å². The standard InChI is InChI=1S/C20H40N6.HI/c1(3-5-7-9-13-21-19-23-15-11-16-24-19)2-4-6-8-10-14-22-20-25-17-12-18-26-20;/h1-18H2,(H2,21,23,24)(H2,22,25,26);1H. The van der Waals surface area contributed by atoms with Gasteiger partial charge in [0.2, 0.25) is 0 Å². The van der Waals surface area contributed by atoms with E-state index in [1.165, 1.54) is 64.2 Å². The molecule has 0 bridgehead atoms. The Labute approximate surface area is 183 Å². The summed E-state index contributed by atoms with van der Waals surface area (Å²) in [5.41, 5.74) is 0. The fourth-order valence-corrected chi connectivity index (χ4v) is 3.38. The summed E-state index contributed by atoms with van der Waals surface area (Å²) in [5, 5.41) is 13.4. The lowest BCUT2D eigenvalue weighted by molar-refractivity contribution is 0.546. The minimum absolute atomic E-state index is 0. The van der Waals surface area contributed by atoms with Gasteiger partial charge in [-0.2, -0.15) is 0 Å². The number of hydrogen-bond donors (Lipinski definition) is 4. The first-order valence-corrected chi connectivity index (χ1v) is 11.0. The van der Waals surface area contributed by atoms with Crippen molar-refractivity contribution in [3.8, 4) is 0 Å². The Kier molecular flexibility index (Phi) is 15.6. The van der Waals surface area contributed by atoms with Crippen molar-refractivity contribution in [2.75, 3.05) is 39.3 Å². The van der Waals surface area contributed by atoms with Crippen LogP contribution in [0.1, 0.15) is 77.0 Å². The normalized spacial score (nSPS) is 16.3. The Hall–Kier alpha value is -0.730. The molecule has 2 aliphatic rings. The zero-order valence-corrected chi connectivity index (χ0v) is 19.4. The van der Waals surface area contributed by atoms with Gasteiger partial charge < -0.3 is 21.3 Å². The van der Waals surface area contributed by atoms with Gasteiger partial charge in [-0.05, 0) is 25.7 Å². The van der Waals surface area contributed by atoms with Crippen molar-refractivity contribution in [3.05, 3.63) is 0 Å². The Morgan fingerprint density at radius 1 is 0.593 bits per heavy atom. The lowest BCUT2D eigenvalue weighted by atomic mass is 10.1. The summed E-state index contributed by atoms with van der Waals surface area (Å²) < 4.78 is 0. The van der Waals surface area contributed by atoms with Gasteiger partial charge in [0.1, 0.15) is 0 Å². The summed E-state index contributed by atoms with van der Waals surface area (Å²) in [6, 6.07) is 0. The molecule has 2 aliphatic heterocycles. The minimum atomic E-state index is 0. The Bertz CT molecular complexity index is 375. The molecule has 0 atom stereocenters. The van der Waals surface area contributed by atoms with Crippen molar-refractivity contribution in [3.63, 3.8) is 0 Å². The van der Waals surface area contributed by atoms with Crippen molar-refractivity contribution in [2.45, 2.75) is 77.0 Å². The van der Waals surface area contributed by atoms with Crippen LogP contribution in [0, 0.1) is 0 Å². The smallest absolute Gasteiger partial charge is 0.191 e. The first kappa shape index (κ1) is 24.3. The molecular weight excluding hydrogens is 451 g/mol. The van der Waals surface area contributed by atoms with Crippen LogP contribution in [0.3, 0.4) is 0 Å². The van der Waals surface area contributed by atoms with Gasteiger partial charge in [-0.25, -0.2) is 0 Å². The molecule has 2 rings (SSSR count). The number of guanidine groups is 2. The van der Waals surface area contributed by atoms with Crippen LogP contribution in [-0.2, 0) is 0 Å². The van der Waals surface area contributed by atoms with E-state index in [0.717, 1.165) is 64.0 Å². The maximum absolute atomic E-state index is 4.43. The molecule has 0 aromatic heterocycles. The first-order valence-electron chi connectivity index (χ1n) is 11.0.